The molecule has 2 N–H and O–H groups in total. The monoisotopic (exact) mass is 420 g/mol. The third-order valence-electron chi connectivity index (χ3n) is 4.09. The lowest BCUT2D eigenvalue weighted by atomic mass is 10.1. The standard InChI is InChI=1S/C19H18F2N4OS2/c1-10-5-4-6-15(11(10)2)23-18-24-25-19(28-18)27-12(3)17(26)22-16-9-13(20)7-8-14(16)21/h4-9,12H,1-3H3,(H,22,26)(H,23,24). The second-order valence-corrected chi connectivity index (χ2v) is 8.68. The number of rotatable bonds is 6. The van der Waals surface area contributed by atoms with Gasteiger partial charge in [-0.15, -0.1) is 10.2 Å². The molecule has 28 heavy (non-hydrogen) atoms. The van der Waals surface area contributed by atoms with Gasteiger partial charge < -0.3 is 10.6 Å². The maximum absolute atomic E-state index is 13.7. The quantitative estimate of drug-likeness (QED) is 0.530. The van der Waals surface area contributed by atoms with Gasteiger partial charge in [0.15, 0.2) is 4.34 Å². The highest BCUT2D eigenvalue weighted by Crippen LogP contribution is 2.32. The maximum atomic E-state index is 13.7. The van der Waals surface area contributed by atoms with Crippen LogP contribution in [-0.2, 0) is 4.79 Å². The highest BCUT2D eigenvalue weighted by Gasteiger charge is 2.19. The van der Waals surface area contributed by atoms with Crippen molar-refractivity contribution in [3.63, 3.8) is 0 Å². The number of nitrogens with one attached hydrogen (secondary N) is 2. The van der Waals surface area contributed by atoms with Crippen molar-refractivity contribution < 1.29 is 13.6 Å². The van der Waals surface area contributed by atoms with Crippen LogP contribution in [0, 0.1) is 25.5 Å². The minimum absolute atomic E-state index is 0.188. The predicted octanol–water partition coefficient (Wildman–Crippen LogP) is 5.30. The Balaban J connectivity index is 1.63. The topological polar surface area (TPSA) is 66.9 Å². The Hall–Kier alpha value is -2.52. The number of carbonyl (C=O) groups is 1. The molecule has 0 aliphatic carbocycles. The molecule has 0 bridgehead atoms. The van der Waals surface area contributed by atoms with Crippen LogP contribution in [0.15, 0.2) is 40.7 Å². The van der Waals surface area contributed by atoms with Crippen LogP contribution in [0.2, 0.25) is 0 Å². The van der Waals surface area contributed by atoms with Gasteiger partial charge in [-0.05, 0) is 50.1 Å². The number of hydrogen-bond acceptors (Lipinski definition) is 6. The van der Waals surface area contributed by atoms with Gasteiger partial charge in [0, 0.05) is 11.8 Å². The van der Waals surface area contributed by atoms with Crippen molar-refractivity contribution >= 4 is 45.5 Å². The molecule has 2 aromatic carbocycles. The summed E-state index contributed by atoms with van der Waals surface area (Å²) in [6.45, 7) is 5.71. The number of aryl methyl sites for hydroxylation is 1. The number of aromatic nitrogens is 2. The fraction of sp³-hybridized carbons (Fsp3) is 0.211. The van der Waals surface area contributed by atoms with Crippen LogP contribution in [0.4, 0.5) is 25.3 Å². The molecule has 0 radical (unpaired) electrons. The molecule has 1 aromatic heterocycles. The van der Waals surface area contributed by atoms with Crippen molar-refractivity contribution in [2.45, 2.75) is 30.4 Å². The minimum Gasteiger partial charge on any atom is -0.330 e. The van der Waals surface area contributed by atoms with Crippen molar-refractivity contribution in [1.82, 2.24) is 10.2 Å². The van der Waals surface area contributed by atoms with E-state index in [0.717, 1.165) is 29.4 Å². The van der Waals surface area contributed by atoms with Gasteiger partial charge in [0.05, 0.1) is 10.9 Å². The van der Waals surface area contributed by atoms with Gasteiger partial charge in [-0.1, -0.05) is 35.2 Å². The SMILES string of the molecule is Cc1cccc(Nc2nnc(SC(C)C(=O)Nc3cc(F)ccc3F)s2)c1C. The van der Waals surface area contributed by atoms with E-state index in [4.69, 9.17) is 0 Å². The molecule has 3 rings (SSSR count). The number of hydrogen-bond donors (Lipinski definition) is 2. The van der Waals surface area contributed by atoms with Gasteiger partial charge in [-0.2, -0.15) is 0 Å². The molecule has 1 heterocycles. The summed E-state index contributed by atoms with van der Waals surface area (Å²) in [5, 5.41) is 13.9. The molecule has 0 aliphatic rings. The van der Waals surface area contributed by atoms with E-state index < -0.39 is 22.8 Å². The summed E-state index contributed by atoms with van der Waals surface area (Å²) >= 11 is 2.51. The lowest BCUT2D eigenvalue weighted by molar-refractivity contribution is -0.115. The van der Waals surface area contributed by atoms with Gasteiger partial charge in [0.25, 0.3) is 0 Å². The summed E-state index contributed by atoms with van der Waals surface area (Å²) in [5.41, 5.74) is 3.04. The number of thioether (sulfide) groups is 1. The lowest BCUT2D eigenvalue weighted by Crippen LogP contribution is -2.23. The molecule has 1 amide bonds. The minimum atomic E-state index is -0.692. The van der Waals surface area contributed by atoms with Crippen LogP contribution in [-0.4, -0.2) is 21.4 Å². The van der Waals surface area contributed by atoms with E-state index >= 15 is 0 Å². The first kappa shape index (κ1) is 20.2. The number of amides is 1. The van der Waals surface area contributed by atoms with E-state index in [1.165, 1.54) is 28.7 Å². The summed E-state index contributed by atoms with van der Waals surface area (Å²) in [7, 11) is 0. The molecule has 146 valence electrons. The van der Waals surface area contributed by atoms with Gasteiger partial charge >= 0.3 is 0 Å². The molecule has 9 heteroatoms. The lowest BCUT2D eigenvalue weighted by Gasteiger charge is -2.11. The molecule has 1 unspecified atom stereocenters. The van der Waals surface area contributed by atoms with Gasteiger partial charge in [-0.25, -0.2) is 8.78 Å². The Labute approximate surface area is 169 Å². The van der Waals surface area contributed by atoms with Crippen LogP contribution < -0.4 is 10.6 Å². The van der Waals surface area contributed by atoms with Crippen LogP contribution >= 0.6 is 23.1 Å². The van der Waals surface area contributed by atoms with Crippen LogP contribution in [0.1, 0.15) is 18.1 Å². The Bertz CT molecular complexity index is 1010. The van der Waals surface area contributed by atoms with E-state index in [9.17, 15) is 13.6 Å². The van der Waals surface area contributed by atoms with Gasteiger partial charge in [-0.3, -0.25) is 4.79 Å². The van der Waals surface area contributed by atoms with E-state index in [1.54, 1.807) is 6.92 Å². The first-order valence-corrected chi connectivity index (χ1v) is 10.1. The highest BCUT2D eigenvalue weighted by molar-refractivity contribution is 8.02. The van der Waals surface area contributed by atoms with Crippen LogP contribution in [0.3, 0.4) is 0 Å². The maximum Gasteiger partial charge on any atom is 0.237 e. The smallest absolute Gasteiger partial charge is 0.237 e. The van der Waals surface area contributed by atoms with Crippen molar-refractivity contribution in [3.8, 4) is 0 Å². The van der Waals surface area contributed by atoms with E-state index in [-0.39, 0.29) is 5.69 Å². The van der Waals surface area contributed by atoms with Crippen LogP contribution in [0.5, 0.6) is 0 Å². The predicted molar refractivity (Wildman–Crippen MR) is 109 cm³/mol. The highest BCUT2D eigenvalue weighted by atomic mass is 32.2. The van der Waals surface area contributed by atoms with Crippen molar-refractivity contribution in [1.29, 1.82) is 0 Å². The molecule has 0 saturated heterocycles. The molecule has 5 nitrogen and oxygen atoms in total. The Kier molecular flexibility index (Phi) is 6.25. The van der Waals surface area contributed by atoms with Crippen LogP contribution in [0.25, 0.3) is 0 Å². The molecule has 0 spiro atoms. The summed E-state index contributed by atoms with van der Waals surface area (Å²) in [5.74, 6) is -1.76. The molecular weight excluding hydrogens is 402 g/mol. The average Bonchev–Trinajstić information content (AvgIpc) is 3.09. The largest absolute Gasteiger partial charge is 0.330 e. The third kappa shape index (κ3) is 4.85. The normalized spacial score (nSPS) is 11.9. The first-order chi connectivity index (χ1) is 13.3. The van der Waals surface area contributed by atoms with Crippen molar-refractivity contribution in [2.75, 3.05) is 10.6 Å². The van der Waals surface area contributed by atoms with E-state index in [2.05, 4.69) is 20.8 Å². The fourth-order valence-electron chi connectivity index (χ4n) is 2.34. The Morgan fingerprint density at radius 2 is 1.93 bits per heavy atom. The van der Waals surface area contributed by atoms with Gasteiger partial charge in [0.1, 0.15) is 11.6 Å². The number of halogens is 2. The zero-order valence-electron chi connectivity index (χ0n) is 15.4. The average molecular weight is 421 g/mol. The summed E-state index contributed by atoms with van der Waals surface area (Å²) in [6.07, 6.45) is 0. The molecule has 0 saturated carbocycles. The Morgan fingerprint density at radius 3 is 2.71 bits per heavy atom. The number of carbonyl (C=O) groups excluding carboxylic acids is 1. The third-order valence-corrected chi connectivity index (χ3v) is 6.11. The molecular formula is C19H18F2N4OS2. The molecule has 0 aliphatic heterocycles. The first-order valence-electron chi connectivity index (χ1n) is 8.43. The molecule has 0 fully saturated rings. The zero-order chi connectivity index (χ0) is 20.3. The zero-order valence-corrected chi connectivity index (χ0v) is 17.0. The van der Waals surface area contributed by atoms with Crippen molar-refractivity contribution in [3.05, 3.63) is 59.2 Å². The second kappa shape index (κ2) is 8.66. The molecule has 1 atom stereocenters. The number of nitrogens with zero attached hydrogens (tertiary/aromatic N) is 2. The Morgan fingerprint density at radius 1 is 1.14 bits per heavy atom. The summed E-state index contributed by atoms with van der Waals surface area (Å²) < 4.78 is 27.5. The fourth-order valence-corrected chi connectivity index (χ4v) is 4.25. The van der Waals surface area contributed by atoms with Crippen molar-refractivity contribution in [2.24, 2.45) is 0 Å². The molecule has 3 aromatic rings. The van der Waals surface area contributed by atoms with E-state index in [0.29, 0.717) is 9.47 Å². The summed E-state index contributed by atoms with van der Waals surface area (Å²) in [4.78, 5) is 12.3. The summed E-state index contributed by atoms with van der Waals surface area (Å²) in [6, 6.07) is 8.86. The van der Waals surface area contributed by atoms with Gasteiger partial charge in [0.2, 0.25) is 11.0 Å². The number of benzene rings is 2. The number of anilines is 3. The van der Waals surface area contributed by atoms with E-state index in [1.807, 2.05) is 32.0 Å². The second-order valence-electron chi connectivity index (χ2n) is 6.12.